The molecule has 1 aliphatic heterocycles. The second-order valence-electron chi connectivity index (χ2n) is 6.38. The van der Waals surface area contributed by atoms with Gasteiger partial charge in [0.05, 0.1) is 11.9 Å². The summed E-state index contributed by atoms with van der Waals surface area (Å²) in [6.45, 7) is 5.63. The van der Waals surface area contributed by atoms with Crippen molar-refractivity contribution in [3.63, 3.8) is 0 Å². The number of nitrogens with one attached hydrogen (secondary N) is 1. The first kappa shape index (κ1) is 15.7. The minimum absolute atomic E-state index is 0.101. The molecule has 1 N–H and O–H groups in total. The van der Waals surface area contributed by atoms with Crippen LogP contribution in [0.3, 0.4) is 0 Å². The van der Waals surface area contributed by atoms with Gasteiger partial charge in [-0.05, 0) is 55.1 Å². The number of piperidine rings is 1. The maximum absolute atomic E-state index is 12.2. The molecule has 1 aromatic carbocycles. The summed E-state index contributed by atoms with van der Waals surface area (Å²) in [5.41, 5.74) is 2.64. The van der Waals surface area contributed by atoms with E-state index in [1.807, 2.05) is 18.2 Å². The van der Waals surface area contributed by atoms with Gasteiger partial charge >= 0.3 is 0 Å². The van der Waals surface area contributed by atoms with E-state index >= 15 is 0 Å². The molecule has 1 atom stereocenters. The molecule has 1 aromatic heterocycles. The Morgan fingerprint density at radius 1 is 1.30 bits per heavy atom. The zero-order chi connectivity index (χ0) is 16.1. The molecule has 0 saturated carbocycles. The maximum Gasteiger partial charge on any atom is 0.255 e. The number of carbonyl (C=O) groups excluding carboxylic acids is 1. The van der Waals surface area contributed by atoms with Crippen LogP contribution in [0.25, 0.3) is 0 Å². The number of pyridine rings is 1. The second-order valence-corrected chi connectivity index (χ2v) is 6.38. The van der Waals surface area contributed by atoms with Crippen LogP contribution in [0, 0.1) is 5.92 Å². The summed E-state index contributed by atoms with van der Waals surface area (Å²) in [6.07, 6.45) is 5.95. The molecule has 4 nitrogen and oxygen atoms in total. The number of rotatable bonds is 4. The van der Waals surface area contributed by atoms with E-state index in [1.54, 1.807) is 18.5 Å². The molecule has 0 spiro atoms. The van der Waals surface area contributed by atoms with Crippen molar-refractivity contribution in [2.24, 2.45) is 5.92 Å². The van der Waals surface area contributed by atoms with Crippen LogP contribution in [0.4, 0.5) is 5.69 Å². The third-order valence-electron chi connectivity index (χ3n) is 4.28. The molecule has 0 bridgehead atoms. The summed E-state index contributed by atoms with van der Waals surface area (Å²) in [6, 6.07) is 11.5. The number of nitrogens with zero attached hydrogens (tertiary/aromatic N) is 2. The number of likely N-dealkylation sites (tertiary alicyclic amines) is 1. The molecule has 3 rings (SSSR count). The first-order chi connectivity index (χ1) is 11.2. The molecule has 1 aliphatic rings. The van der Waals surface area contributed by atoms with Crippen LogP contribution in [0.1, 0.15) is 35.7 Å². The van der Waals surface area contributed by atoms with Crippen molar-refractivity contribution in [2.75, 3.05) is 18.4 Å². The molecule has 120 valence electrons. The summed E-state index contributed by atoms with van der Waals surface area (Å²) < 4.78 is 0. The standard InChI is InChI=1S/C19H23N3O/c1-15-4-3-11-22(13-15)14-16-6-8-17(9-7-16)19(23)21-18-5-2-10-20-12-18/h2,5-10,12,15H,3-4,11,13-14H2,1H3,(H,21,23). The molecule has 2 heterocycles. The van der Waals surface area contributed by atoms with Crippen LogP contribution < -0.4 is 5.32 Å². The number of benzene rings is 1. The van der Waals surface area contributed by atoms with Gasteiger partial charge in [-0.3, -0.25) is 14.7 Å². The number of aromatic nitrogens is 1. The van der Waals surface area contributed by atoms with E-state index in [1.165, 1.54) is 31.5 Å². The normalized spacial score (nSPS) is 18.6. The van der Waals surface area contributed by atoms with E-state index in [4.69, 9.17) is 0 Å². The van der Waals surface area contributed by atoms with Gasteiger partial charge in [0.2, 0.25) is 0 Å². The molecule has 0 radical (unpaired) electrons. The van der Waals surface area contributed by atoms with Gasteiger partial charge in [-0.15, -0.1) is 0 Å². The maximum atomic E-state index is 12.2. The summed E-state index contributed by atoms with van der Waals surface area (Å²) in [5.74, 6) is 0.685. The predicted octanol–water partition coefficient (Wildman–Crippen LogP) is 3.57. The molecular weight excluding hydrogens is 286 g/mol. The van der Waals surface area contributed by atoms with E-state index < -0.39 is 0 Å². The van der Waals surface area contributed by atoms with E-state index in [0.717, 1.165) is 12.5 Å². The summed E-state index contributed by atoms with van der Waals surface area (Å²) in [7, 11) is 0. The lowest BCUT2D eigenvalue weighted by Gasteiger charge is -2.30. The Labute approximate surface area is 137 Å². The number of amides is 1. The van der Waals surface area contributed by atoms with Crippen molar-refractivity contribution >= 4 is 11.6 Å². The topological polar surface area (TPSA) is 45.2 Å². The smallest absolute Gasteiger partial charge is 0.255 e. The van der Waals surface area contributed by atoms with Crippen LogP contribution in [-0.4, -0.2) is 28.9 Å². The highest BCUT2D eigenvalue weighted by atomic mass is 16.1. The largest absolute Gasteiger partial charge is 0.321 e. The molecule has 23 heavy (non-hydrogen) atoms. The van der Waals surface area contributed by atoms with Gasteiger partial charge in [0.25, 0.3) is 5.91 Å². The quantitative estimate of drug-likeness (QED) is 0.939. The fourth-order valence-electron chi connectivity index (χ4n) is 3.09. The number of anilines is 1. The molecule has 0 aliphatic carbocycles. The minimum atomic E-state index is -0.101. The Balaban J connectivity index is 1.59. The van der Waals surface area contributed by atoms with Gasteiger partial charge in [-0.1, -0.05) is 19.1 Å². The van der Waals surface area contributed by atoms with Crippen molar-refractivity contribution < 1.29 is 4.79 Å². The Hall–Kier alpha value is -2.20. The minimum Gasteiger partial charge on any atom is -0.321 e. The molecule has 1 unspecified atom stereocenters. The van der Waals surface area contributed by atoms with Gasteiger partial charge < -0.3 is 5.32 Å². The van der Waals surface area contributed by atoms with Gasteiger partial charge in [-0.25, -0.2) is 0 Å². The highest BCUT2D eigenvalue weighted by molar-refractivity contribution is 6.04. The number of hydrogen-bond acceptors (Lipinski definition) is 3. The van der Waals surface area contributed by atoms with E-state index in [0.29, 0.717) is 11.3 Å². The van der Waals surface area contributed by atoms with Gasteiger partial charge in [0, 0.05) is 24.8 Å². The lowest BCUT2D eigenvalue weighted by molar-refractivity contribution is 0.102. The fourth-order valence-corrected chi connectivity index (χ4v) is 3.09. The first-order valence-corrected chi connectivity index (χ1v) is 8.23. The zero-order valence-electron chi connectivity index (χ0n) is 13.5. The SMILES string of the molecule is CC1CCCN(Cc2ccc(C(=O)Nc3cccnc3)cc2)C1. The fraction of sp³-hybridized carbons (Fsp3) is 0.368. The van der Waals surface area contributed by atoms with Gasteiger partial charge in [0.1, 0.15) is 0 Å². The van der Waals surface area contributed by atoms with E-state index in [2.05, 4.69) is 34.3 Å². The number of carbonyl (C=O) groups is 1. The molecule has 4 heteroatoms. The van der Waals surface area contributed by atoms with E-state index in [9.17, 15) is 4.79 Å². The highest BCUT2D eigenvalue weighted by Gasteiger charge is 2.16. The Morgan fingerprint density at radius 2 is 2.13 bits per heavy atom. The molecule has 1 fully saturated rings. The van der Waals surface area contributed by atoms with Crippen LogP contribution in [0.2, 0.25) is 0 Å². The van der Waals surface area contributed by atoms with E-state index in [-0.39, 0.29) is 5.91 Å². The molecular formula is C19H23N3O. The molecule has 1 amide bonds. The molecule has 2 aromatic rings. The van der Waals surface area contributed by atoms with Gasteiger partial charge in [0.15, 0.2) is 0 Å². The Bertz CT molecular complexity index is 639. The third-order valence-corrected chi connectivity index (χ3v) is 4.28. The average Bonchev–Trinajstić information content (AvgIpc) is 2.56. The van der Waals surface area contributed by atoms with Crippen molar-refractivity contribution in [2.45, 2.75) is 26.3 Å². The summed E-state index contributed by atoms with van der Waals surface area (Å²) in [4.78, 5) is 18.7. The Morgan fingerprint density at radius 3 is 2.83 bits per heavy atom. The second kappa shape index (κ2) is 7.38. The zero-order valence-corrected chi connectivity index (χ0v) is 13.5. The van der Waals surface area contributed by atoms with Crippen LogP contribution in [0.5, 0.6) is 0 Å². The van der Waals surface area contributed by atoms with Gasteiger partial charge in [-0.2, -0.15) is 0 Å². The predicted molar refractivity (Wildman–Crippen MR) is 92.3 cm³/mol. The van der Waals surface area contributed by atoms with Crippen molar-refractivity contribution in [1.82, 2.24) is 9.88 Å². The first-order valence-electron chi connectivity index (χ1n) is 8.23. The van der Waals surface area contributed by atoms with Crippen molar-refractivity contribution in [1.29, 1.82) is 0 Å². The average molecular weight is 309 g/mol. The third kappa shape index (κ3) is 4.39. The monoisotopic (exact) mass is 309 g/mol. The molecule has 1 saturated heterocycles. The lowest BCUT2D eigenvalue weighted by Crippen LogP contribution is -2.33. The lowest BCUT2D eigenvalue weighted by atomic mass is 9.99. The van der Waals surface area contributed by atoms with Crippen LogP contribution in [0.15, 0.2) is 48.8 Å². The summed E-state index contributed by atoms with van der Waals surface area (Å²) in [5, 5.41) is 2.85. The van der Waals surface area contributed by atoms with Crippen molar-refractivity contribution in [3.8, 4) is 0 Å². The summed E-state index contributed by atoms with van der Waals surface area (Å²) >= 11 is 0. The number of hydrogen-bond donors (Lipinski definition) is 1. The van der Waals surface area contributed by atoms with Crippen LogP contribution >= 0.6 is 0 Å². The Kier molecular flexibility index (Phi) is 5.03. The van der Waals surface area contributed by atoms with Crippen molar-refractivity contribution in [3.05, 3.63) is 59.9 Å². The van der Waals surface area contributed by atoms with Crippen LogP contribution in [-0.2, 0) is 6.54 Å². The highest BCUT2D eigenvalue weighted by Crippen LogP contribution is 2.18.